The minimum absolute atomic E-state index is 0.00594. The van der Waals surface area contributed by atoms with E-state index in [2.05, 4.69) is 36.5 Å². The third kappa shape index (κ3) is 16.5. The molecule has 113 heavy (non-hydrogen) atoms. The fourth-order valence-corrected chi connectivity index (χ4v) is 17.8. The van der Waals surface area contributed by atoms with Crippen LogP contribution in [0.25, 0.3) is 66.5 Å². The third-order valence-corrected chi connectivity index (χ3v) is 24.9. The van der Waals surface area contributed by atoms with Crippen molar-refractivity contribution in [3.8, 4) is 39.8 Å². The summed E-state index contributed by atoms with van der Waals surface area (Å²) in [5.74, 6) is 1.53. The number of fused-ring (bicyclic) bond motifs is 3. The first-order valence-corrected chi connectivity index (χ1v) is 40.3. The lowest BCUT2D eigenvalue weighted by molar-refractivity contribution is -0.0641. The lowest BCUT2D eigenvalue weighted by Gasteiger charge is -2.36. The van der Waals surface area contributed by atoms with Crippen molar-refractivity contribution >= 4 is 114 Å². The van der Waals surface area contributed by atoms with Gasteiger partial charge in [-0.1, -0.05) is 121 Å². The van der Waals surface area contributed by atoms with Crippen LogP contribution >= 0.6 is 69.6 Å². The van der Waals surface area contributed by atoms with Gasteiger partial charge in [0.15, 0.2) is 0 Å². The van der Waals surface area contributed by atoms with Crippen LogP contribution in [0.1, 0.15) is 210 Å². The number of aromatic nitrogens is 6. The van der Waals surface area contributed by atoms with Gasteiger partial charge in [0.05, 0.1) is 124 Å². The number of hydrogen-bond acceptors (Lipinski definition) is 18. The standard InChI is InChI=1S/C29H25Cl2N3O3.2C29H26Cl2N2O5/c30-23-2-1-3-24(31)26(23)27-22(28(37-34-27)17-4-5-17)16-36-20-8-11-29(35,12-9-20)19-6-7-25-21(14-19)18(15-32)10-13-33-25;2*30-22-2-1-3-23(31)25(22)26-21(27(38-33-26)16-4-5-16)15-37-18-8-11-29(36,12-9-18)17-6-7-24-20(14-17)19(28(34)35)10-13-32-24/h1-3,6-7,10,13-14,17,20,35H,4-5,8-9,11-12,16H2;2*1-3,6-7,10,13-14,16,18,36H,4-5,8-9,11-12,15H2,(H,34,35). The summed E-state index contributed by atoms with van der Waals surface area (Å²) in [6.07, 6.45) is 18.0. The van der Waals surface area contributed by atoms with Crippen molar-refractivity contribution in [3.05, 3.63) is 243 Å². The van der Waals surface area contributed by atoms with E-state index in [1.807, 2.05) is 36.4 Å². The fourth-order valence-electron chi connectivity index (χ4n) is 16.1. The van der Waals surface area contributed by atoms with Crippen LogP contribution in [0.4, 0.5) is 0 Å². The Morgan fingerprint density at radius 3 is 0.973 bits per heavy atom. The Bertz CT molecular complexity index is 5360. The van der Waals surface area contributed by atoms with E-state index in [4.69, 9.17) is 97.4 Å². The van der Waals surface area contributed by atoms with Crippen molar-refractivity contribution in [2.75, 3.05) is 0 Å². The van der Waals surface area contributed by atoms with Gasteiger partial charge < -0.3 is 53.3 Å². The van der Waals surface area contributed by atoms with E-state index in [-0.39, 0.29) is 29.4 Å². The number of aromatic carboxylic acids is 2. The first kappa shape index (κ1) is 78.0. The predicted octanol–water partition coefficient (Wildman–Crippen LogP) is 21.5. The molecule has 6 aliphatic carbocycles. The second-order valence-corrected chi connectivity index (χ2v) is 32.8. The monoisotopic (exact) mass is 1640 g/mol. The number of nitriles is 1. The quantitative estimate of drug-likeness (QED) is 0.0473. The Kier molecular flexibility index (Phi) is 22.6. The molecule has 5 N–H and O–H groups in total. The topological polar surface area (TPSA) is 304 Å². The van der Waals surface area contributed by atoms with E-state index in [1.54, 1.807) is 85.1 Å². The second-order valence-electron chi connectivity index (χ2n) is 30.4. The normalized spacial score (nSPS) is 21.6. The van der Waals surface area contributed by atoms with Gasteiger partial charge in [0.25, 0.3) is 0 Å². The minimum atomic E-state index is -1.06. The number of halogens is 6. The molecule has 18 rings (SSSR count). The van der Waals surface area contributed by atoms with E-state index < -0.39 is 28.7 Å². The average Bonchev–Trinajstić information content (AvgIpc) is 1.20. The van der Waals surface area contributed by atoms with Crippen LogP contribution < -0.4 is 0 Å². The highest BCUT2D eigenvalue weighted by atomic mass is 35.5. The van der Waals surface area contributed by atoms with E-state index in [0.717, 1.165) is 89.0 Å². The Balaban J connectivity index is 0.000000128. The van der Waals surface area contributed by atoms with E-state index in [0.29, 0.717) is 217 Å². The molecule has 0 bridgehead atoms. The molecular formula is C87H77Cl6N7O13. The zero-order valence-corrected chi connectivity index (χ0v) is 65.6. The largest absolute Gasteiger partial charge is 0.478 e. The van der Waals surface area contributed by atoms with Gasteiger partial charge in [0.1, 0.15) is 34.4 Å². The number of benzene rings is 6. The molecule has 12 aromatic rings. The number of nitrogens with zero attached hydrogens (tertiary/aromatic N) is 7. The molecular weight excluding hydrogens is 1560 g/mol. The molecule has 6 aliphatic rings. The lowest BCUT2D eigenvalue weighted by atomic mass is 9.78. The summed E-state index contributed by atoms with van der Waals surface area (Å²) >= 11 is 38.8. The van der Waals surface area contributed by atoms with E-state index in [1.165, 1.54) is 24.5 Å². The molecule has 0 spiro atoms. The van der Waals surface area contributed by atoms with Crippen LogP contribution in [0.2, 0.25) is 30.1 Å². The summed E-state index contributed by atoms with van der Waals surface area (Å²) in [6.45, 7) is 0.986. The fraction of sp³-hybridized carbons (Fsp3) is 0.345. The number of pyridine rings is 3. The number of carboxylic acid groups (broad SMARTS) is 2. The van der Waals surface area contributed by atoms with E-state index in [9.17, 15) is 40.4 Å². The highest BCUT2D eigenvalue weighted by Gasteiger charge is 2.42. The lowest BCUT2D eigenvalue weighted by Crippen LogP contribution is -2.34. The number of hydrogen-bond donors (Lipinski definition) is 5. The van der Waals surface area contributed by atoms with Gasteiger partial charge in [-0.05, 0) is 223 Å². The van der Waals surface area contributed by atoms with Crippen molar-refractivity contribution in [1.82, 2.24) is 30.4 Å². The maximum atomic E-state index is 11.7. The molecule has 0 aliphatic heterocycles. The molecule has 0 unspecified atom stereocenters. The maximum Gasteiger partial charge on any atom is 0.336 e. The molecule has 0 atom stereocenters. The molecule has 580 valence electrons. The van der Waals surface area contributed by atoms with Crippen LogP contribution in [0.3, 0.4) is 0 Å². The predicted molar refractivity (Wildman–Crippen MR) is 428 cm³/mol. The summed E-state index contributed by atoms with van der Waals surface area (Å²) in [4.78, 5) is 36.2. The zero-order chi connectivity index (χ0) is 78.5. The Hall–Kier alpha value is -8.89. The molecule has 6 saturated carbocycles. The van der Waals surface area contributed by atoms with Gasteiger partial charge in [0.2, 0.25) is 0 Å². The van der Waals surface area contributed by atoms with Crippen molar-refractivity contribution in [2.24, 2.45) is 0 Å². The summed E-state index contributed by atoms with van der Waals surface area (Å²) in [5, 5.41) is 81.0. The number of ether oxygens (including phenoxy) is 3. The van der Waals surface area contributed by atoms with Crippen molar-refractivity contribution in [2.45, 2.75) is 188 Å². The molecule has 20 nitrogen and oxygen atoms in total. The van der Waals surface area contributed by atoms with Gasteiger partial charge in [0, 0.05) is 85.9 Å². The van der Waals surface area contributed by atoms with Crippen LogP contribution in [-0.2, 0) is 50.8 Å². The number of carboxylic acids is 2. The summed E-state index contributed by atoms with van der Waals surface area (Å²) < 4.78 is 36.3. The molecule has 6 aromatic heterocycles. The second kappa shape index (κ2) is 32.8. The highest BCUT2D eigenvalue weighted by molar-refractivity contribution is 6.40. The minimum Gasteiger partial charge on any atom is -0.478 e. The number of rotatable bonds is 20. The van der Waals surface area contributed by atoms with Gasteiger partial charge >= 0.3 is 11.9 Å². The zero-order valence-electron chi connectivity index (χ0n) is 61.1. The van der Waals surface area contributed by atoms with Crippen molar-refractivity contribution in [3.63, 3.8) is 0 Å². The van der Waals surface area contributed by atoms with Gasteiger partial charge in [-0.2, -0.15) is 5.26 Å². The Morgan fingerprint density at radius 1 is 0.407 bits per heavy atom. The van der Waals surface area contributed by atoms with Gasteiger partial charge in [-0.15, -0.1) is 0 Å². The Morgan fingerprint density at radius 2 is 0.690 bits per heavy atom. The smallest absolute Gasteiger partial charge is 0.336 e. The first-order chi connectivity index (χ1) is 54.6. The molecule has 0 amide bonds. The molecule has 26 heteroatoms. The van der Waals surface area contributed by atoms with E-state index >= 15 is 0 Å². The van der Waals surface area contributed by atoms with Crippen LogP contribution in [0.5, 0.6) is 0 Å². The van der Waals surface area contributed by atoms with Gasteiger partial charge in [-0.25, -0.2) is 9.59 Å². The summed E-state index contributed by atoms with van der Waals surface area (Å²) in [5.41, 5.74) is 8.45. The number of aliphatic hydroxyl groups is 3. The maximum absolute atomic E-state index is 11.7. The first-order valence-electron chi connectivity index (χ1n) is 38.0. The molecule has 0 saturated heterocycles. The number of carbonyl (C=O) groups is 2. The van der Waals surface area contributed by atoms with Crippen LogP contribution in [0.15, 0.2) is 160 Å². The Labute approximate surface area is 679 Å². The summed E-state index contributed by atoms with van der Waals surface area (Å²) in [6, 6.07) is 39.4. The SMILES string of the molecule is N#Cc1ccnc2ccc(C3(O)CCC(OCc4c(-c5c(Cl)cccc5Cl)noc4C4CC4)CC3)cc12.O=C(O)c1ccnc2ccc(C3(O)CCC(OCc4c(-c5c(Cl)cccc5Cl)noc4C4CC4)CC3)cc12.O=C(O)c1ccnc2ccc(C3(O)CCC(OCc4c(-c5c(Cl)cccc5Cl)noc4C4CC4)CC3)cc12. The molecule has 0 radical (unpaired) electrons. The molecule has 6 fully saturated rings. The summed E-state index contributed by atoms with van der Waals surface area (Å²) in [7, 11) is 0. The molecule has 6 aromatic carbocycles. The third-order valence-electron chi connectivity index (χ3n) is 23.0. The van der Waals surface area contributed by atoms with Crippen molar-refractivity contribution < 1.29 is 62.9 Å². The van der Waals surface area contributed by atoms with Crippen LogP contribution in [-0.4, -0.2) is 86.2 Å². The van der Waals surface area contributed by atoms with Crippen molar-refractivity contribution in [1.29, 1.82) is 5.26 Å². The van der Waals surface area contributed by atoms with Crippen LogP contribution in [0, 0.1) is 11.3 Å². The highest BCUT2D eigenvalue weighted by Crippen LogP contribution is 2.52. The average molecular weight is 1640 g/mol. The molecule has 6 heterocycles. The van der Waals surface area contributed by atoms with Gasteiger partial charge in [-0.3, -0.25) is 15.0 Å².